The lowest BCUT2D eigenvalue weighted by Crippen LogP contribution is -2.36. The zero-order valence-electron chi connectivity index (χ0n) is 12.0. The SMILES string of the molecule is Cc1ncc(CC(=O)N[C@H](C)C2=CCCCC2)c(=O)[nH]1. The minimum absolute atomic E-state index is 0.0419. The molecule has 0 fully saturated rings. The largest absolute Gasteiger partial charge is 0.350 e. The summed E-state index contributed by atoms with van der Waals surface area (Å²) in [6.45, 7) is 3.70. The molecule has 1 aromatic heterocycles. The first kappa shape index (κ1) is 14.5. The summed E-state index contributed by atoms with van der Waals surface area (Å²) >= 11 is 0. The summed E-state index contributed by atoms with van der Waals surface area (Å²) in [5.41, 5.74) is 1.45. The molecule has 1 aliphatic rings. The van der Waals surface area contributed by atoms with Gasteiger partial charge in [0, 0.05) is 17.8 Å². The minimum Gasteiger partial charge on any atom is -0.350 e. The number of carbonyl (C=O) groups is 1. The third kappa shape index (κ3) is 3.79. The predicted octanol–water partition coefficient (Wildman–Crippen LogP) is 1.63. The second kappa shape index (κ2) is 6.50. The summed E-state index contributed by atoms with van der Waals surface area (Å²) < 4.78 is 0. The van der Waals surface area contributed by atoms with Crippen LogP contribution in [0.25, 0.3) is 0 Å². The van der Waals surface area contributed by atoms with Gasteiger partial charge in [-0.15, -0.1) is 0 Å². The lowest BCUT2D eigenvalue weighted by molar-refractivity contribution is -0.120. The van der Waals surface area contributed by atoms with E-state index < -0.39 is 0 Å². The van der Waals surface area contributed by atoms with E-state index in [1.54, 1.807) is 6.92 Å². The first-order valence-electron chi connectivity index (χ1n) is 7.09. The van der Waals surface area contributed by atoms with E-state index in [2.05, 4.69) is 21.4 Å². The summed E-state index contributed by atoms with van der Waals surface area (Å²) in [7, 11) is 0. The van der Waals surface area contributed by atoms with Crippen LogP contribution in [0.5, 0.6) is 0 Å². The quantitative estimate of drug-likeness (QED) is 0.820. The highest BCUT2D eigenvalue weighted by Crippen LogP contribution is 2.20. The molecule has 0 saturated heterocycles. The van der Waals surface area contributed by atoms with Gasteiger partial charge in [0.15, 0.2) is 0 Å². The number of aromatic nitrogens is 2. The topological polar surface area (TPSA) is 74.8 Å². The number of carbonyl (C=O) groups excluding carboxylic acids is 1. The fraction of sp³-hybridized carbons (Fsp3) is 0.533. The highest BCUT2D eigenvalue weighted by molar-refractivity contribution is 5.79. The van der Waals surface area contributed by atoms with Gasteiger partial charge in [0.25, 0.3) is 5.56 Å². The zero-order valence-corrected chi connectivity index (χ0v) is 12.0. The standard InChI is InChI=1S/C15H21N3O2/c1-10(12-6-4-3-5-7-12)17-14(19)8-13-9-16-11(2)18-15(13)20/h6,9-10H,3-5,7-8H2,1-2H3,(H,17,19)(H,16,18,20)/t10-/m1/s1. The predicted molar refractivity (Wildman–Crippen MR) is 77.5 cm³/mol. The summed E-state index contributed by atoms with van der Waals surface area (Å²) in [5, 5.41) is 2.95. The number of aromatic amines is 1. The maximum Gasteiger partial charge on any atom is 0.254 e. The fourth-order valence-electron chi connectivity index (χ4n) is 2.45. The van der Waals surface area contributed by atoms with Crippen molar-refractivity contribution in [2.24, 2.45) is 0 Å². The molecule has 0 aromatic carbocycles. The number of nitrogens with one attached hydrogen (secondary N) is 2. The molecule has 0 unspecified atom stereocenters. The molecule has 1 heterocycles. The van der Waals surface area contributed by atoms with Crippen molar-refractivity contribution < 1.29 is 4.79 Å². The molecule has 0 radical (unpaired) electrons. The smallest absolute Gasteiger partial charge is 0.254 e. The highest BCUT2D eigenvalue weighted by Gasteiger charge is 2.15. The number of hydrogen-bond donors (Lipinski definition) is 2. The van der Waals surface area contributed by atoms with Crippen LogP contribution in [0.1, 0.15) is 44.0 Å². The van der Waals surface area contributed by atoms with Crippen molar-refractivity contribution in [3.05, 3.63) is 39.6 Å². The van der Waals surface area contributed by atoms with Gasteiger partial charge in [0.05, 0.1) is 6.42 Å². The Balaban J connectivity index is 1.95. The van der Waals surface area contributed by atoms with Crippen molar-refractivity contribution in [2.75, 3.05) is 0 Å². The monoisotopic (exact) mass is 275 g/mol. The van der Waals surface area contributed by atoms with Gasteiger partial charge in [-0.1, -0.05) is 11.6 Å². The highest BCUT2D eigenvalue weighted by atomic mass is 16.2. The zero-order chi connectivity index (χ0) is 14.5. The van der Waals surface area contributed by atoms with Crippen LogP contribution in [0.3, 0.4) is 0 Å². The number of nitrogens with zero attached hydrogens (tertiary/aromatic N) is 1. The molecule has 5 heteroatoms. The Bertz CT molecular complexity index is 575. The normalized spacial score (nSPS) is 16.4. The van der Waals surface area contributed by atoms with Crippen LogP contribution >= 0.6 is 0 Å². The van der Waals surface area contributed by atoms with Crippen molar-refractivity contribution in [1.82, 2.24) is 15.3 Å². The Morgan fingerprint density at radius 2 is 2.30 bits per heavy atom. The molecule has 108 valence electrons. The van der Waals surface area contributed by atoms with Crippen LogP contribution in [0, 0.1) is 6.92 Å². The number of amides is 1. The van der Waals surface area contributed by atoms with Crippen LogP contribution in [0.4, 0.5) is 0 Å². The van der Waals surface area contributed by atoms with Gasteiger partial charge in [0.2, 0.25) is 5.91 Å². The molecule has 2 rings (SSSR count). The number of rotatable bonds is 4. The van der Waals surface area contributed by atoms with Gasteiger partial charge in [-0.3, -0.25) is 9.59 Å². The molecule has 1 amide bonds. The van der Waals surface area contributed by atoms with Crippen LogP contribution in [-0.2, 0) is 11.2 Å². The Hall–Kier alpha value is -1.91. The summed E-state index contributed by atoms with van der Waals surface area (Å²) in [6.07, 6.45) is 8.32. The van der Waals surface area contributed by atoms with Gasteiger partial charge < -0.3 is 10.3 Å². The van der Waals surface area contributed by atoms with E-state index in [1.807, 2.05) is 6.92 Å². The van der Waals surface area contributed by atoms with E-state index in [1.165, 1.54) is 24.6 Å². The molecular weight excluding hydrogens is 254 g/mol. The lowest BCUT2D eigenvalue weighted by Gasteiger charge is -2.20. The third-order valence-corrected chi connectivity index (χ3v) is 3.61. The number of allylic oxidation sites excluding steroid dienone is 1. The van der Waals surface area contributed by atoms with Gasteiger partial charge in [-0.25, -0.2) is 4.98 Å². The first-order chi connectivity index (χ1) is 9.56. The van der Waals surface area contributed by atoms with Gasteiger partial charge >= 0.3 is 0 Å². The summed E-state index contributed by atoms with van der Waals surface area (Å²) in [5.74, 6) is 0.417. The molecular formula is C15H21N3O2. The van der Waals surface area contributed by atoms with E-state index in [0.29, 0.717) is 11.4 Å². The maximum absolute atomic E-state index is 12.0. The van der Waals surface area contributed by atoms with Crippen LogP contribution in [0.2, 0.25) is 0 Å². The summed E-state index contributed by atoms with van der Waals surface area (Å²) in [4.78, 5) is 30.3. The van der Waals surface area contributed by atoms with E-state index in [-0.39, 0.29) is 23.9 Å². The second-order valence-corrected chi connectivity index (χ2v) is 5.31. The Labute approximate surface area is 118 Å². The first-order valence-corrected chi connectivity index (χ1v) is 7.09. The van der Waals surface area contributed by atoms with Gasteiger partial charge in [0.1, 0.15) is 5.82 Å². The van der Waals surface area contributed by atoms with Crippen molar-refractivity contribution in [3.63, 3.8) is 0 Å². The minimum atomic E-state index is -0.239. The van der Waals surface area contributed by atoms with Crippen LogP contribution < -0.4 is 10.9 Å². The fourth-order valence-corrected chi connectivity index (χ4v) is 2.45. The van der Waals surface area contributed by atoms with E-state index in [0.717, 1.165) is 12.8 Å². The van der Waals surface area contributed by atoms with Crippen LogP contribution in [0.15, 0.2) is 22.6 Å². The Kier molecular flexibility index (Phi) is 4.71. The number of H-pyrrole nitrogens is 1. The molecule has 2 N–H and O–H groups in total. The van der Waals surface area contributed by atoms with Gasteiger partial charge in [-0.05, 0) is 39.5 Å². The number of hydrogen-bond acceptors (Lipinski definition) is 3. The average Bonchev–Trinajstić information content (AvgIpc) is 2.43. The van der Waals surface area contributed by atoms with E-state index in [9.17, 15) is 9.59 Å². The third-order valence-electron chi connectivity index (χ3n) is 3.61. The number of aryl methyl sites for hydroxylation is 1. The second-order valence-electron chi connectivity index (χ2n) is 5.31. The van der Waals surface area contributed by atoms with Crippen molar-refractivity contribution in [2.45, 2.75) is 52.0 Å². The lowest BCUT2D eigenvalue weighted by atomic mass is 9.94. The molecule has 1 atom stereocenters. The summed E-state index contributed by atoms with van der Waals surface area (Å²) in [6, 6.07) is 0.0419. The molecule has 0 saturated carbocycles. The molecule has 20 heavy (non-hydrogen) atoms. The van der Waals surface area contributed by atoms with Crippen LogP contribution in [-0.4, -0.2) is 21.9 Å². The molecule has 0 spiro atoms. The maximum atomic E-state index is 12.0. The van der Waals surface area contributed by atoms with Crippen molar-refractivity contribution in [3.8, 4) is 0 Å². The van der Waals surface area contributed by atoms with Crippen molar-refractivity contribution >= 4 is 5.91 Å². The Morgan fingerprint density at radius 3 is 2.95 bits per heavy atom. The van der Waals surface area contributed by atoms with E-state index >= 15 is 0 Å². The Morgan fingerprint density at radius 1 is 1.50 bits per heavy atom. The van der Waals surface area contributed by atoms with E-state index in [4.69, 9.17) is 0 Å². The molecule has 1 aromatic rings. The average molecular weight is 275 g/mol. The van der Waals surface area contributed by atoms with Gasteiger partial charge in [-0.2, -0.15) is 0 Å². The molecule has 5 nitrogen and oxygen atoms in total. The molecule has 0 bridgehead atoms. The molecule has 0 aliphatic heterocycles. The molecule has 1 aliphatic carbocycles. The van der Waals surface area contributed by atoms with Crippen molar-refractivity contribution in [1.29, 1.82) is 0 Å².